The molecular formula is C25H28N2O5. The van der Waals surface area contributed by atoms with Crippen molar-refractivity contribution in [3.8, 4) is 5.75 Å². The van der Waals surface area contributed by atoms with E-state index in [9.17, 15) is 14.7 Å². The van der Waals surface area contributed by atoms with Crippen LogP contribution in [-0.4, -0.2) is 34.7 Å². The van der Waals surface area contributed by atoms with Gasteiger partial charge in [0.2, 0.25) is 0 Å². The van der Waals surface area contributed by atoms with Gasteiger partial charge in [-0.2, -0.15) is 0 Å². The summed E-state index contributed by atoms with van der Waals surface area (Å²) in [4.78, 5) is 29.9. The van der Waals surface area contributed by atoms with Crippen molar-refractivity contribution in [3.05, 3.63) is 52.6 Å². The Kier molecular flexibility index (Phi) is 6.00. The summed E-state index contributed by atoms with van der Waals surface area (Å²) < 4.78 is 10.7. The number of hydrogen-bond donors (Lipinski definition) is 1. The van der Waals surface area contributed by atoms with Gasteiger partial charge in [-0.15, -0.1) is 0 Å². The van der Waals surface area contributed by atoms with Gasteiger partial charge in [0.05, 0.1) is 35.3 Å². The molecule has 2 aromatic rings. The zero-order valence-electron chi connectivity index (χ0n) is 18.7. The number of Topliss-reactive ketones (excluding diaryl/α,β-unsaturated/α-hetero) is 2. The number of allylic oxidation sites excluding steroid dienone is 2. The molecule has 0 radical (unpaired) electrons. The maximum atomic E-state index is 12.7. The molecule has 1 N–H and O–H groups in total. The van der Waals surface area contributed by atoms with Crippen molar-refractivity contribution >= 4 is 23.0 Å². The molecule has 32 heavy (non-hydrogen) atoms. The lowest BCUT2D eigenvalue weighted by Crippen LogP contribution is -2.26. The fraction of sp³-hybridized carbons (Fsp3) is 0.440. The van der Waals surface area contributed by atoms with E-state index in [1.54, 1.807) is 13.2 Å². The lowest BCUT2D eigenvalue weighted by Gasteiger charge is -2.26. The number of aliphatic hydroxyl groups is 1. The van der Waals surface area contributed by atoms with Crippen molar-refractivity contribution in [2.24, 2.45) is 10.4 Å². The molecule has 0 aliphatic heterocycles. The maximum Gasteiger partial charge on any atom is 0.168 e. The maximum absolute atomic E-state index is 12.7. The van der Waals surface area contributed by atoms with Gasteiger partial charge < -0.3 is 14.4 Å². The second kappa shape index (κ2) is 8.73. The van der Waals surface area contributed by atoms with Crippen LogP contribution in [0.1, 0.15) is 67.8 Å². The Balaban J connectivity index is 1.59. The Morgan fingerprint density at radius 2 is 2.03 bits per heavy atom. The van der Waals surface area contributed by atoms with Gasteiger partial charge in [-0.25, -0.2) is 0 Å². The monoisotopic (exact) mass is 436 g/mol. The highest BCUT2D eigenvalue weighted by atomic mass is 16.5. The predicted molar refractivity (Wildman–Crippen MR) is 120 cm³/mol. The highest BCUT2D eigenvalue weighted by molar-refractivity contribution is 6.24. The van der Waals surface area contributed by atoms with E-state index >= 15 is 0 Å². The van der Waals surface area contributed by atoms with Gasteiger partial charge in [0.15, 0.2) is 11.6 Å². The van der Waals surface area contributed by atoms with Gasteiger partial charge in [-0.05, 0) is 30.4 Å². The number of rotatable bonds is 5. The number of hydrogen-bond acceptors (Lipinski definition) is 7. The van der Waals surface area contributed by atoms with E-state index in [0.29, 0.717) is 72.7 Å². The average molecular weight is 437 g/mol. The quantitative estimate of drug-likeness (QED) is 0.516. The normalized spacial score (nSPS) is 20.9. The summed E-state index contributed by atoms with van der Waals surface area (Å²) in [5.74, 6) is 1.18. The van der Waals surface area contributed by atoms with Crippen LogP contribution >= 0.6 is 0 Å². The third-order valence-electron chi connectivity index (χ3n) is 5.98. The van der Waals surface area contributed by atoms with Crippen LogP contribution in [0.25, 0.3) is 0 Å². The molecule has 1 heterocycles. The molecule has 7 nitrogen and oxygen atoms in total. The molecule has 0 atom stereocenters. The number of ether oxygens (including phenoxy) is 1. The number of aliphatic imine (C=N–C) groups is 1. The zero-order chi connectivity index (χ0) is 22.9. The molecule has 1 aromatic heterocycles. The number of methoxy groups -OCH3 is 1. The van der Waals surface area contributed by atoms with Gasteiger partial charge in [-0.1, -0.05) is 25.1 Å². The van der Waals surface area contributed by atoms with Gasteiger partial charge in [0.1, 0.15) is 17.3 Å². The summed E-state index contributed by atoms with van der Waals surface area (Å²) in [5, 5.41) is 15.0. The van der Waals surface area contributed by atoms with E-state index in [1.165, 1.54) is 0 Å². The van der Waals surface area contributed by atoms with Gasteiger partial charge in [0.25, 0.3) is 0 Å². The Morgan fingerprint density at radius 3 is 2.81 bits per heavy atom. The molecule has 0 saturated heterocycles. The molecule has 0 bridgehead atoms. The minimum absolute atomic E-state index is 0.0170. The summed E-state index contributed by atoms with van der Waals surface area (Å²) in [6.45, 7) is 4.06. The van der Waals surface area contributed by atoms with Crippen LogP contribution in [0.5, 0.6) is 5.75 Å². The number of carbonyl (C=O) groups excluding carboxylic acids is 2. The van der Waals surface area contributed by atoms with E-state index in [0.717, 1.165) is 0 Å². The number of aliphatic hydroxyl groups excluding tert-OH is 1. The van der Waals surface area contributed by atoms with E-state index in [-0.39, 0.29) is 34.7 Å². The number of benzene rings is 1. The molecule has 0 amide bonds. The molecule has 1 aromatic carbocycles. The van der Waals surface area contributed by atoms with Gasteiger partial charge in [0, 0.05) is 38.2 Å². The topological polar surface area (TPSA) is 102 Å². The molecule has 0 unspecified atom stereocenters. The fourth-order valence-electron chi connectivity index (χ4n) is 4.45. The van der Waals surface area contributed by atoms with Crippen LogP contribution in [0.3, 0.4) is 0 Å². The molecule has 4 rings (SSSR count). The molecule has 7 heteroatoms. The zero-order valence-corrected chi connectivity index (χ0v) is 18.7. The van der Waals surface area contributed by atoms with E-state index in [1.807, 2.05) is 32.0 Å². The summed E-state index contributed by atoms with van der Waals surface area (Å²) in [6.07, 6.45) is 3.28. The molecule has 2 aliphatic carbocycles. The number of carbonyl (C=O) groups is 2. The minimum atomic E-state index is -0.148. The van der Waals surface area contributed by atoms with Gasteiger partial charge >= 0.3 is 0 Å². The third-order valence-corrected chi connectivity index (χ3v) is 5.98. The van der Waals surface area contributed by atoms with Crippen molar-refractivity contribution in [1.82, 2.24) is 5.16 Å². The van der Waals surface area contributed by atoms with Gasteiger partial charge in [-0.3, -0.25) is 14.6 Å². The molecule has 1 fully saturated rings. The number of fused-ring (bicyclic) bond motifs is 1. The number of nitrogens with zero attached hydrogens (tertiary/aromatic N) is 2. The Morgan fingerprint density at radius 1 is 1.22 bits per heavy atom. The SMILES string of the molecule is COc1cccc(N=C2CCCC(=O)/C2=C(/O)CCc2noc3c2C(=O)CC(C)(C)C3)c1. The Labute approximate surface area is 187 Å². The highest BCUT2D eigenvalue weighted by Gasteiger charge is 2.36. The summed E-state index contributed by atoms with van der Waals surface area (Å²) >= 11 is 0. The summed E-state index contributed by atoms with van der Waals surface area (Å²) in [7, 11) is 1.59. The van der Waals surface area contributed by atoms with Crippen LogP contribution in [0.4, 0.5) is 5.69 Å². The molecule has 2 aliphatic rings. The average Bonchev–Trinajstić information content (AvgIpc) is 3.14. The third kappa shape index (κ3) is 4.52. The standard InChI is InChI=1S/C25H28N2O5/c1-25(2)13-21(30)24-18(27-32-22(24)14-25)10-11-20(29)23-17(8-5-9-19(23)28)26-15-6-4-7-16(12-15)31-3/h4,6-7,12,29H,5,8-11,13-14H2,1-3H3/b23-20+,26-17?. The lowest BCUT2D eigenvalue weighted by molar-refractivity contribution is -0.115. The largest absolute Gasteiger partial charge is 0.511 e. The smallest absolute Gasteiger partial charge is 0.168 e. The first-order chi connectivity index (χ1) is 15.3. The number of aryl methyl sites for hydroxylation is 1. The molecular weight excluding hydrogens is 408 g/mol. The summed E-state index contributed by atoms with van der Waals surface area (Å²) in [6, 6.07) is 7.27. The van der Waals surface area contributed by atoms with Crippen molar-refractivity contribution in [1.29, 1.82) is 0 Å². The number of aromatic nitrogens is 1. The lowest BCUT2D eigenvalue weighted by atomic mass is 9.76. The van der Waals surface area contributed by atoms with Crippen molar-refractivity contribution in [3.63, 3.8) is 0 Å². The minimum Gasteiger partial charge on any atom is -0.511 e. The summed E-state index contributed by atoms with van der Waals surface area (Å²) in [5.41, 5.74) is 2.46. The van der Waals surface area contributed by atoms with Crippen molar-refractivity contribution in [2.75, 3.05) is 7.11 Å². The molecule has 1 saturated carbocycles. The van der Waals surface area contributed by atoms with E-state index in [4.69, 9.17) is 9.26 Å². The van der Waals surface area contributed by atoms with Crippen LogP contribution in [0.15, 0.2) is 45.1 Å². The van der Waals surface area contributed by atoms with Crippen LogP contribution in [-0.2, 0) is 17.6 Å². The van der Waals surface area contributed by atoms with Crippen molar-refractivity contribution in [2.45, 2.75) is 58.8 Å². The van der Waals surface area contributed by atoms with Crippen LogP contribution < -0.4 is 4.74 Å². The van der Waals surface area contributed by atoms with Crippen LogP contribution in [0.2, 0.25) is 0 Å². The second-order valence-corrected chi connectivity index (χ2v) is 9.23. The Bertz CT molecular complexity index is 1120. The van der Waals surface area contributed by atoms with Crippen LogP contribution in [0, 0.1) is 5.41 Å². The Hall–Kier alpha value is -3.22. The van der Waals surface area contributed by atoms with E-state index < -0.39 is 0 Å². The highest BCUT2D eigenvalue weighted by Crippen LogP contribution is 2.36. The van der Waals surface area contributed by atoms with Crippen molar-refractivity contribution < 1.29 is 24.0 Å². The molecule has 168 valence electrons. The first kappa shape index (κ1) is 22.0. The van der Waals surface area contributed by atoms with E-state index in [2.05, 4.69) is 10.1 Å². The fourth-order valence-corrected chi connectivity index (χ4v) is 4.45. The molecule has 0 spiro atoms. The predicted octanol–water partition coefficient (Wildman–Crippen LogP) is 5.11. The number of ketones is 2. The first-order valence-electron chi connectivity index (χ1n) is 11.0. The first-order valence-corrected chi connectivity index (χ1v) is 11.0. The second-order valence-electron chi connectivity index (χ2n) is 9.23.